The molecule has 1 aromatic rings. The normalized spacial score (nSPS) is 28.0. The number of carbonyl (C=O) groups is 1. The third-order valence-corrected chi connectivity index (χ3v) is 5.97. The number of pyridine rings is 1. The maximum atomic E-state index is 13.1. The van der Waals surface area contributed by atoms with E-state index in [9.17, 15) is 4.79 Å². The van der Waals surface area contributed by atoms with Crippen molar-refractivity contribution >= 4 is 11.7 Å². The van der Waals surface area contributed by atoms with Crippen molar-refractivity contribution in [2.45, 2.75) is 37.8 Å². The number of hydrogen-bond acceptors (Lipinski definition) is 5. The van der Waals surface area contributed by atoms with E-state index in [1.54, 1.807) is 6.20 Å². The minimum Gasteiger partial charge on any atom is -0.381 e. The van der Waals surface area contributed by atoms with Gasteiger partial charge in [-0.05, 0) is 43.7 Å². The number of nitrogens with one attached hydrogen (secondary N) is 1. The van der Waals surface area contributed by atoms with Crippen LogP contribution in [0.2, 0.25) is 0 Å². The molecule has 6 heteroatoms. The second kappa shape index (κ2) is 7.30. The fourth-order valence-corrected chi connectivity index (χ4v) is 4.58. The molecule has 5 heterocycles. The van der Waals surface area contributed by atoms with Crippen molar-refractivity contribution in [2.24, 2.45) is 5.92 Å². The summed E-state index contributed by atoms with van der Waals surface area (Å²) in [5.41, 5.74) is 0.740. The van der Waals surface area contributed by atoms with Crippen molar-refractivity contribution in [3.05, 3.63) is 23.9 Å². The molecule has 2 unspecified atom stereocenters. The lowest BCUT2D eigenvalue weighted by Crippen LogP contribution is -2.48. The van der Waals surface area contributed by atoms with E-state index in [1.807, 2.05) is 19.2 Å². The number of piperidine rings is 1. The van der Waals surface area contributed by atoms with Gasteiger partial charge in [0.1, 0.15) is 5.82 Å². The van der Waals surface area contributed by atoms with Crippen LogP contribution in [0, 0.1) is 5.92 Å². The monoisotopic (exact) mass is 344 g/mol. The summed E-state index contributed by atoms with van der Waals surface area (Å²) in [5.74, 6) is 1.49. The van der Waals surface area contributed by atoms with Crippen LogP contribution < -0.4 is 5.32 Å². The minimum atomic E-state index is 0.155. The molecule has 1 amide bonds. The van der Waals surface area contributed by atoms with Gasteiger partial charge in [0.05, 0.1) is 0 Å². The highest BCUT2D eigenvalue weighted by Gasteiger charge is 2.39. The molecule has 0 aliphatic carbocycles. The summed E-state index contributed by atoms with van der Waals surface area (Å²) in [6.07, 6.45) is 6.34. The highest BCUT2D eigenvalue weighted by molar-refractivity contribution is 5.95. The van der Waals surface area contributed by atoms with E-state index in [0.29, 0.717) is 18.0 Å². The number of hydrogen-bond donors (Lipinski definition) is 1. The molecule has 4 fully saturated rings. The summed E-state index contributed by atoms with van der Waals surface area (Å²) in [6.45, 7) is 4.78. The molecule has 0 spiro atoms. The van der Waals surface area contributed by atoms with Crippen molar-refractivity contribution in [1.29, 1.82) is 0 Å². The lowest BCUT2D eigenvalue weighted by molar-refractivity contribution is 0.0304. The number of nitrogens with zero attached hydrogens (tertiary/aromatic N) is 3. The molecule has 4 saturated heterocycles. The summed E-state index contributed by atoms with van der Waals surface area (Å²) in [7, 11) is 1.83. The summed E-state index contributed by atoms with van der Waals surface area (Å²) >= 11 is 0. The molecule has 136 valence electrons. The Kier molecular flexibility index (Phi) is 4.90. The third-order valence-electron chi connectivity index (χ3n) is 5.97. The SMILES string of the molecule is CNc1cc(C(=O)N2CC3CCC2CN(C2CCOCC2)C3)ccn1. The van der Waals surface area contributed by atoms with Gasteiger partial charge in [-0.3, -0.25) is 9.69 Å². The molecule has 1 N–H and O–H groups in total. The summed E-state index contributed by atoms with van der Waals surface area (Å²) in [6, 6.07) is 4.65. The minimum absolute atomic E-state index is 0.155. The molecule has 6 nitrogen and oxygen atoms in total. The van der Waals surface area contributed by atoms with Gasteiger partial charge in [-0.25, -0.2) is 4.98 Å². The molecule has 0 aromatic carbocycles. The molecular weight excluding hydrogens is 316 g/mol. The molecule has 0 radical (unpaired) electrons. The predicted molar refractivity (Wildman–Crippen MR) is 96.7 cm³/mol. The van der Waals surface area contributed by atoms with E-state index < -0.39 is 0 Å². The molecule has 1 aromatic heterocycles. The van der Waals surface area contributed by atoms with Gasteiger partial charge >= 0.3 is 0 Å². The van der Waals surface area contributed by atoms with Crippen molar-refractivity contribution in [2.75, 3.05) is 45.2 Å². The van der Waals surface area contributed by atoms with Crippen molar-refractivity contribution < 1.29 is 9.53 Å². The topological polar surface area (TPSA) is 57.7 Å². The number of anilines is 1. The Bertz CT molecular complexity index is 617. The quantitative estimate of drug-likeness (QED) is 0.907. The van der Waals surface area contributed by atoms with E-state index >= 15 is 0 Å². The molecule has 4 aliphatic rings. The largest absolute Gasteiger partial charge is 0.381 e. The summed E-state index contributed by atoms with van der Waals surface area (Å²) in [5, 5.41) is 3.02. The zero-order valence-electron chi connectivity index (χ0n) is 15.0. The van der Waals surface area contributed by atoms with E-state index in [2.05, 4.69) is 20.1 Å². The van der Waals surface area contributed by atoms with E-state index in [1.165, 1.54) is 6.42 Å². The molecule has 4 aliphatic heterocycles. The number of fused-ring (bicyclic) bond motifs is 4. The fraction of sp³-hybridized carbons (Fsp3) is 0.684. The van der Waals surface area contributed by atoms with Crippen LogP contribution in [0.1, 0.15) is 36.0 Å². The Morgan fingerprint density at radius 2 is 2.00 bits per heavy atom. The number of rotatable bonds is 3. The van der Waals surface area contributed by atoms with Gasteiger partial charge in [0.2, 0.25) is 0 Å². The van der Waals surface area contributed by atoms with Crippen LogP contribution in [-0.4, -0.2) is 72.7 Å². The molecule has 0 saturated carbocycles. The second-order valence-electron chi connectivity index (χ2n) is 7.53. The fourth-order valence-electron chi connectivity index (χ4n) is 4.58. The first-order valence-corrected chi connectivity index (χ1v) is 9.51. The molecule has 2 atom stereocenters. The maximum absolute atomic E-state index is 13.1. The Labute approximate surface area is 149 Å². The van der Waals surface area contributed by atoms with Gasteiger partial charge in [0, 0.05) is 63.7 Å². The van der Waals surface area contributed by atoms with Gasteiger partial charge in [-0.1, -0.05) is 0 Å². The van der Waals surface area contributed by atoms with E-state index in [4.69, 9.17) is 4.74 Å². The van der Waals surface area contributed by atoms with Crippen LogP contribution in [-0.2, 0) is 4.74 Å². The summed E-state index contributed by atoms with van der Waals surface area (Å²) in [4.78, 5) is 22.1. The van der Waals surface area contributed by atoms with Crippen LogP contribution in [0.25, 0.3) is 0 Å². The number of amides is 1. The van der Waals surface area contributed by atoms with Crippen LogP contribution in [0.5, 0.6) is 0 Å². The number of carbonyl (C=O) groups excluding carboxylic acids is 1. The highest BCUT2D eigenvalue weighted by atomic mass is 16.5. The highest BCUT2D eigenvalue weighted by Crippen LogP contribution is 2.31. The van der Waals surface area contributed by atoms with Crippen molar-refractivity contribution in [1.82, 2.24) is 14.8 Å². The molecule has 5 rings (SSSR count). The van der Waals surface area contributed by atoms with Crippen LogP contribution in [0.4, 0.5) is 5.82 Å². The Morgan fingerprint density at radius 3 is 2.80 bits per heavy atom. The summed E-state index contributed by atoms with van der Waals surface area (Å²) < 4.78 is 5.53. The van der Waals surface area contributed by atoms with E-state index in [0.717, 1.165) is 63.5 Å². The smallest absolute Gasteiger partial charge is 0.254 e. The number of aromatic nitrogens is 1. The van der Waals surface area contributed by atoms with Crippen LogP contribution in [0.15, 0.2) is 18.3 Å². The average molecular weight is 344 g/mol. The Balaban J connectivity index is 1.50. The lowest BCUT2D eigenvalue weighted by atomic mass is 9.94. The average Bonchev–Trinajstić information content (AvgIpc) is 3.00. The Hall–Kier alpha value is -1.66. The third kappa shape index (κ3) is 3.51. The van der Waals surface area contributed by atoms with Gasteiger partial charge < -0.3 is 15.0 Å². The second-order valence-corrected chi connectivity index (χ2v) is 7.53. The first-order valence-electron chi connectivity index (χ1n) is 9.51. The first-order chi connectivity index (χ1) is 12.2. The predicted octanol–water partition coefficient (Wildman–Crippen LogP) is 1.84. The Morgan fingerprint density at radius 1 is 1.16 bits per heavy atom. The van der Waals surface area contributed by atoms with Crippen molar-refractivity contribution in [3.8, 4) is 0 Å². The first kappa shape index (κ1) is 16.8. The zero-order chi connectivity index (χ0) is 17.2. The molecular formula is C19H28N4O2. The standard InChI is InChI=1S/C19H28N4O2/c1-20-18-10-15(4-7-21-18)19(24)23-12-14-2-3-17(23)13-22(11-14)16-5-8-25-9-6-16/h4,7,10,14,16-17H,2-3,5-6,8-9,11-13H2,1H3,(H,20,21). The maximum Gasteiger partial charge on any atom is 0.254 e. The van der Waals surface area contributed by atoms with Gasteiger partial charge in [-0.2, -0.15) is 0 Å². The molecule has 2 bridgehead atoms. The lowest BCUT2D eigenvalue weighted by Gasteiger charge is -2.37. The van der Waals surface area contributed by atoms with Crippen LogP contribution in [0.3, 0.4) is 0 Å². The van der Waals surface area contributed by atoms with Gasteiger partial charge in [-0.15, -0.1) is 0 Å². The van der Waals surface area contributed by atoms with Crippen molar-refractivity contribution in [3.63, 3.8) is 0 Å². The zero-order valence-corrected chi connectivity index (χ0v) is 15.0. The van der Waals surface area contributed by atoms with Gasteiger partial charge in [0.25, 0.3) is 5.91 Å². The van der Waals surface area contributed by atoms with Gasteiger partial charge in [0.15, 0.2) is 0 Å². The number of ether oxygens (including phenoxy) is 1. The molecule has 25 heavy (non-hydrogen) atoms. The van der Waals surface area contributed by atoms with Crippen LogP contribution >= 0.6 is 0 Å². The van der Waals surface area contributed by atoms with E-state index in [-0.39, 0.29) is 5.91 Å².